The van der Waals surface area contributed by atoms with E-state index >= 15 is 0 Å². The Morgan fingerprint density at radius 2 is 2.10 bits per heavy atom. The molecule has 0 unspecified atom stereocenters. The number of nitrogens with zero attached hydrogens (tertiary/aromatic N) is 1. The lowest BCUT2D eigenvalue weighted by Crippen LogP contribution is -1.77. The number of benzene rings is 1. The molecule has 0 fully saturated rings. The zero-order valence-electron chi connectivity index (χ0n) is 6.01. The highest BCUT2D eigenvalue weighted by molar-refractivity contribution is 5.41. The van der Waals surface area contributed by atoms with Crippen molar-refractivity contribution in [1.29, 1.82) is 0 Å². The molecular formula is C8H8NO. The van der Waals surface area contributed by atoms with E-state index in [1.807, 2.05) is 19.9 Å². The van der Waals surface area contributed by atoms with Crippen molar-refractivity contribution in [3.63, 3.8) is 0 Å². The maximum Gasteiger partial charge on any atom is 0.116 e. The molecule has 0 N–H and O–H groups in total. The van der Waals surface area contributed by atoms with E-state index in [2.05, 4.69) is 11.2 Å². The van der Waals surface area contributed by atoms with Gasteiger partial charge in [-0.3, -0.25) is 0 Å². The van der Waals surface area contributed by atoms with Crippen molar-refractivity contribution in [2.45, 2.75) is 13.8 Å². The number of rotatable bonds is 1. The van der Waals surface area contributed by atoms with Gasteiger partial charge in [-0.1, -0.05) is 6.07 Å². The minimum absolute atomic E-state index is 0.378. The Morgan fingerprint density at radius 3 is 2.60 bits per heavy atom. The Labute approximate surface area is 59.9 Å². The molecule has 0 saturated heterocycles. The van der Waals surface area contributed by atoms with Gasteiger partial charge in [0, 0.05) is 6.07 Å². The molecular weight excluding hydrogens is 126 g/mol. The van der Waals surface area contributed by atoms with Crippen molar-refractivity contribution in [3.8, 4) is 0 Å². The second kappa shape index (κ2) is 2.60. The summed E-state index contributed by atoms with van der Waals surface area (Å²) in [4.78, 5) is 9.99. The molecule has 0 amide bonds. The third-order valence-electron chi connectivity index (χ3n) is 1.50. The Kier molecular flexibility index (Phi) is 1.81. The first-order valence-corrected chi connectivity index (χ1v) is 3.07. The molecule has 0 bridgehead atoms. The first kappa shape index (κ1) is 6.93. The second-order valence-corrected chi connectivity index (χ2v) is 2.24. The molecule has 1 aromatic carbocycles. The molecule has 1 aromatic rings. The Hall–Kier alpha value is -1.18. The zero-order chi connectivity index (χ0) is 7.56. The Bertz CT molecular complexity index is 255. The summed E-state index contributed by atoms with van der Waals surface area (Å²) in [5, 5.41) is 2.77. The molecule has 2 heteroatoms. The van der Waals surface area contributed by atoms with Crippen LogP contribution in [-0.2, 0) is 0 Å². The van der Waals surface area contributed by atoms with Crippen LogP contribution in [0.5, 0.6) is 0 Å². The van der Waals surface area contributed by atoms with Crippen LogP contribution < -0.4 is 0 Å². The number of hydrogen-bond acceptors (Lipinski definition) is 2. The Morgan fingerprint density at radius 1 is 1.40 bits per heavy atom. The fourth-order valence-corrected chi connectivity index (χ4v) is 0.715. The third-order valence-corrected chi connectivity index (χ3v) is 1.50. The molecule has 1 radical (unpaired) electrons. The largest absolute Gasteiger partial charge is 0.145 e. The summed E-state index contributed by atoms with van der Waals surface area (Å²) in [5.41, 5.74) is 2.49. The van der Waals surface area contributed by atoms with Crippen LogP contribution in [0.25, 0.3) is 0 Å². The minimum Gasteiger partial charge on any atom is -0.145 e. The molecule has 0 heterocycles. The molecule has 0 atom stereocenters. The summed E-state index contributed by atoms with van der Waals surface area (Å²) >= 11 is 0. The molecule has 0 spiro atoms. The summed E-state index contributed by atoms with van der Waals surface area (Å²) in [6.45, 7) is 3.88. The van der Waals surface area contributed by atoms with Crippen LogP contribution in [0.15, 0.2) is 17.3 Å². The van der Waals surface area contributed by atoms with Crippen molar-refractivity contribution < 1.29 is 0 Å². The van der Waals surface area contributed by atoms with Gasteiger partial charge >= 0.3 is 0 Å². The SMILES string of the molecule is Cc1[c]c(N=O)ccc1C. The number of hydrogen-bond donors (Lipinski definition) is 0. The molecule has 51 valence electrons. The van der Waals surface area contributed by atoms with Gasteiger partial charge in [0.1, 0.15) is 5.69 Å². The van der Waals surface area contributed by atoms with Crippen molar-refractivity contribution in [1.82, 2.24) is 0 Å². The monoisotopic (exact) mass is 134 g/mol. The van der Waals surface area contributed by atoms with Gasteiger partial charge in [-0.15, -0.1) is 4.91 Å². The number of nitroso groups, excluding NO2 is 1. The maximum atomic E-state index is 9.99. The number of aryl methyl sites for hydroxylation is 2. The normalized spacial score (nSPS) is 9.40. The van der Waals surface area contributed by atoms with Crippen molar-refractivity contribution in [2.24, 2.45) is 5.18 Å². The summed E-state index contributed by atoms with van der Waals surface area (Å²) in [7, 11) is 0. The van der Waals surface area contributed by atoms with Crippen LogP contribution >= 0.6 is 0 Å². The predicted octanol–water partition coefficient (Wildman–Crippen LogP) is 2.50. The van der Waals surface area contributed by atoms with Crippen LogP contribution in [-0.4, -0.2) is 0 Å². The highest BCUT2D eigenvalue weighted by atomic mass is 16.3. The summed E-state index contributed by atoms with van der Waals surface area (Å²) in [6, 6.07) is 6.37. The highest BCUT2D eigenvalue weighted by Gasteiger charge is 1.94. The molecule has 2 nitrogen and oxygen atoms in total. The third kappa shape index (κ3) is 1.21. The topological polar surface area (TPSA) is 29.4 Å². The van der Waals surface area contributed by atoms with Crippen LogP contribution in [0.2, 0.25) is 0 Å². The zero-order valence-corrected chi connectivity index (χ0v) is 6.01. The smallest absolute Gasteiger partial charge is 0.116 e. The van der Waals surface area contributed by atoms with Crippen molar-refractivity contribution in [2.75, 3.05) is 0 Å². The van der Waals surface area contributed by atoms with E-state index in [1.54, 1.807) is 6.07 Å². The van der Waals surface area contributed by atoms with Gasteiger partial charge in [0.2, 0.25) is 0 Å². The van der Waals surface area contributed by atoms with E-state index in [4.69, 9.17) is 0 Å². The van der Waals surface area contributed by atoms with Crippen LogP contribution in [0.3, 0.4) is 0 Å². The van der Waals surface area contributed by atoms with Gasteiger partial charge in [-0.05, 0) is 36.2 Å². The van der Waals surface area contributed by atoms with Gasteiger partial charge in [0.15, 0.2) is 0 Å². The van der Waals surface area contributed by atoms with Gasteiger partial charge in [-0.25, -0.2) is 0 Å². The quantitative estimate of drug-likeness (QED) is 0.542. The first-order chi connectivity index (χ1) is 4.74. The Balaban J connectivity index is 3.16. The lowest BCUT2D eigenvalue weighted by Gasteiger charge is -1.96. The second-order valence-electron chi connectivity index (χ2n) is 2.24. The van der Waals surface area contributed by atoms with Crippen LogP contribution in [0.1, 0.15) is 11.1 Å². The summed E-state index contributed by atoms with van der Waals surface area (Å²) < 4.78 is 0. The van der Waals surface area contributed by atoms with E-state index in [9.17, 15) is 4.91 Å². The minimum atomic E-state index is 0.378. The fraction of sp³-hybridized carbons (Fsp3) is 0.250. The van der Waals surface area contributed by atoms with Gasteiger partial charge in [0.25, 0.3) is 0 Å². The molecule has 0 aliphatic heterocycles. The van der Waals surface area contributed by atoms with Gasteiger partial charge in [0.05, 0.1) is 0 Å². The highest BCUT2D eigenvalue weighted by Crippen LogP contribution is 2.14. The first-order valence-electron chi connectivity index (χ1n) is 3.07. The molecule has 0 saturated carbocycles. The van der Waals surface area contributed by atoms with E-state index < -0.39 is 0 Å². The van der Waals surface area contributed by atoms with Crippen molar-refractivity contribution >= 4 is 5.69 Å². The van der Waals surface area contributed by atoms with Gasteiger partial charge < -0.3 is 0 Å². The molecule has 10 heavy (non-hydrogen) atoms. The van der Waals surface area contributed by atoms with Crippen LogP contribution in [0.4, 0.5) is 5.69 Å². The summed E-state index contributed by atoms with van der Waals surface area (Å²) in [5.74, 6) is 0. The standard InChI is InChI=1S/C8H8NO/c1-6-3-4-8(9-10)5-7(6)2/h3-4H,1-2H3. The van der Waals surface area contributed by atoms with Crippen LogP contribution in [0, 0.1) is 24.8 Å². The predicted molar refractivity (Wildman–Crippen MR) is 40.2 cm³/mol. The van der Waals surface area contributed by atoms with Crippen molar-refractivity contribution in [3.05, 3.63) is 34.2 Å². The average molecular weight is 134 g/mol. The lowest BCUT2D eigenvalue weighted by atomic mass is 10.1. The van der Waals surface area contributed by atoms with E-state index in [1.165, 1.54) is 0 Å². The molecule has 0 aromatic heterocycles. The molecule has 0 aliphatic carbocycles. The summed E-state index contributed by atoms with van der Waals surface area (Å²) in [6.07, 6.45) is 0. The average Bonchev–Trinajstić information content (AvgIpc) is 1.95. The fourth-order valence-electron chi connectivity index (χ4n) is 0.715. The van der Waals surface area contributed by atoms with E-state index in [-0.39, 0.29) is 0 Å². The van der Waals surface area contributed by atoms with Gasteiger partial charge in [-0.2, -0.15) is 0 Å². The molecule has 1 rings (SSSR count). The molecule has 0 aliphatic rings. The lowest BCUT2D eigenvalue weighted by molar-refractivity contribution is 1.31. The maximum absolute atomic E-state index is 9.99. The van der Waals surface area contributed by atoms with E-state index in [0.717, 1.165) is 11.1 Å². The van der Waals surface area contributed by atoms with E-state index in [0.29, 0.717) is 5.69 Å².